The van der Waals surface area contributed by atoms with E-state index in [0.29, 0.717) is 36.2 Å². The monoisotopic (exact) mass is 413 g/mol. The SMILES string of the molecule is CC(=O)N1C(=O)C2(CC2)c2cc(Oc3c(F)cc(C(F)(F)F)cc3Cl)ccc21. The van der Waals surface area contributed by atoms with Crippen LogP contribution in [0.3, 0.4) is 0 Å². The minimum Gasteiger partial charge on any atom is -0.453 e. The first-order valence-electron chi connectivity index (χ1n) is 8.28. The van der Waals surface area contributed by atoms with Crippen molar-refractivity contribution in [1.29, 1.82) is 0 Å². The minimum atomic E-state index is -4.74. The van der Waals surface area contributed by atoms with Gasteiger partial charge < -0.3 is 4.74 Å². The molecule has 28 heavy (non-hydrogen) atoms. The van der Waals surface area contributed by atoms with E-state index in [9.17, 15) is 27.2 Å². The summed E-state index contributed by atoms with van der Waals surface area (Å²) < 4.78 is 57.8. The van der Waals surface area contributed by atoms with Crippen LogP contribution in [0.1, 0.15) is 30.9 Å². The second-order valence-corrected chi connectivity index (χ2v) is 7.20. The topological polar surface area (TPSA) is 46.6 Å². The van der Waals surface area contributed by atoms with E-state index in [4.69, 9.17) is 16.3 Å². The lowest BCUT2D eigenvalue weighted by Crippen LogP contribution is -2.35. The molecule has 2 aromatic rings. The van der Waals surface area contributed by atoms with Crippen molar-refractivity contribution in [3.05, 3.63) is 52.3 Å². The van der Waals surface area contributed by atoms with Crippen LogP contribution in [0, 0.1) is 5.82 Å². The zero-order chi connectivity index (χ0) is 20.4. The Balaban J connectivity index is 1.72. The molecule has 0 aromatic heterocycles. The van der Waals surface area contributed by atoms with E-state index in [2.05, 4.69) is 0 Å². The first-order valence-corrected chi connectivity index (χ1v) is 8.66. The highest BCUT2D eigenvalue weighted by Crippen LogP contribution is 2.58. The molecular formula is C19H12ClF4NO3. The number of anilines is 1. The summed E-state index contributed by atoms with van der Waals surface area (Å²) >= 11 is 5.79. The van der Waals surface area contributed by atoms with Crippen molar-refractivity contribution < 1.29 is 31.9 Å². The van der Waals surface area contributed by atoms with Gasteiger partial charge in [-0.3, -0.25) is 9.59 Å². The number of halogens is 5. The first kappa shape index (κ1) is 18.7. The molecule has 1 aliphatic heterocycles. The molecule has 1 spiro atoms. The molecule has 2 aliphatic rings. The van der Waals surface area contributed by atoms with E-state index >= 15 is 0 Å². The van der Waals surface area contributed by atoms with Gasteiger partial charge in [0.05, 0.1) is 21.7 Å². The molecule has 1 aliphatic carbocycles. The minimum absolute atomic E-state index is 0.101. The lowest BCUT2D eigenvalue weighted by molar-refractivity contribution is -0.137. The lowest BCUT2D eigenvalue weighted by atomic mass is 9.98. The number of rotatable bonds is 2. The Morgan fingerprint density at radius 1 is 1.21 bits per heavy atom. The molecule has 0 radical (unpaired) electrons. The van der Waals surface area contributed by atoms with Crippen molar-refractivity contribution in [3.8, 4) is 11.5 Å². The quantitative estimate of drug-likeness (QED) is 0.634. The molecule has 2 amide bonds. The van der Waals surface area contributed by atoms with Crippen LogP contribution in [0.5, 0.6) is 11.5 Å². The van der Waals surface area contributed by atoms with Crippen LogP contribution in [0.2, 0.25) is 5.02 Å². The molecule has 0 unspecified atom stereocenters. The Kier molecular flexibility index (Phi) is 3.98. The van der Waals surface area contributed by atoms with Gasteiger partial charge in [0, 0.05) is 6.92 Å². The van der Waals surface area contributed by atoms with Gasteiger partial charge in [-0.1, -0.05) is 11.6 Å². The molecule has 2 aromatic carbocycles. The van der Waals surface area contributed by atoms with Crippen LogP contribution in [-0.2, 0) is 21.2 Å². The Labute approximate surface area is 161 Å². The highest BCUT2D eigenvalue weighted by molar-refractivity contribution is 6.32. The summed E-state index contributed by atoms with van der Waals surface area (Å²) in [6.07, 6.45) is -3.60. The maximum absolute atomic E-state index is 14.2. The number of imide groups is 1. The summed E-state index contributed by atoms with van der Waals surface area (Å²) in [4.78, 5) is 25.5. The Bertz CT molecular complexity index is 1010. The predicted octanol–water partition coefficient (Wildman–Crippen LogP) is 5.21. The molecule has 0 atom stereocenters. The fraction of sp³-hybridized carbons (Fsp3) is 0.263. The number of carbonyl (C=O) groups is 2. The third kappa shape index (κ3) is 2.74. The Morgan fingerprint density at radius 3 is 2.43 bits per heavy atom. The molecule has 1 heterocycles. The molecule has 0 N–H and O–H groups in total. The van der Waals surface area contributed by atoms with Gasteiger partial charge in [-0.05, 0) is 48.7 Å². The van der Waals surface area contributed by atoms with Crippen molar-refractivity contribution in [1.82, 2.24) is 0 Å². The fourth-order valence-corrected chi connectivity index (χ4v) is 3.70. The average Bonchev–Trinajstić information content (AvgIpc) is 3.35. The van der Waals surface area contributed by atoms with E-state index in [1.54, 1.807) is 0 Å². The van der Waals surface area contributed by atoms with Gasteiger partial charge in [-0.15, -0.1) is 0 Å². The molecule has 0 bridgehead atoms. The lowest BCUT2D eigenvalue weighted by Gasteiger charge is -2.14. The van der Waals surface area contributed by atoms with E-state index in [1.807, 2.05) is 0 Å². The maximum atomic E-state index is 14.2. The van der Waals surface area contributed by atoms with Crippen LogP contribution < -0.4 is 9.64 Å². The average molecular weight is 414 g/mol. The third-order valence-electron chi connectivity index (χ3n) is 4.95. The van der Waals surface area contributed by atoms with E-state index in [0.717, 1.165) is 4.90 Å². The second-order valence-electron chi connectivity index (χ2n) is 6.79. The molecule has 1 fully saturated rings. The zero-order valence-corrected chi connectivity index (χ0v) is 15.1. The van der Waals surface area contributed by atoms with Crippen molar-refractivity contribution in [2.45, 2.75) is 31.4 Å². The number of hydrogen-bond acceptors (Lipinski definition) is 3. The van der Waals surface area contributed by atoms with Crippen molar-refractivity contribution in [3.63, 3.8) is 0 Å². The number of benzene rings is 2. The van der Waals surface area contributed by atoms with Gasteiger partial charge in [0.1, 0.15) is 5.75 Å². The van der Waals surface area contributed by atoms with E-state index in [-0.39, 0.29) is 11.7 Å². The van der Waals surface area contributed by atoms with Gasteiger partial charge in [-0.25, -0.2) is 9.29 Å². The first-order chi connectivity index (χ1) is 13.0. The van der Waals surface area contributed by atoms with Gasteiger partial charge >= 0.3 is 6.18 Å². The highest BCUT2D eigenvalue weighted by atomic mass is 35.5. The number of carbonyl (C=O) groups excluding carboxylic acids is 2. The molecular weight excluding hydrogens is 402 g/mol. The second kappa shape index (κ2) is 5.94. The van der Waals surface area contributed by atoms with Gasteiger partial charge in [-0.2, -0.15) is 13.2 Å². The van der Waals surface area contributed by atoms with E-state index in [1.165, 1.54) is 25.1 Å². The number of amides is 2. The van der Waals surface area contributed by atoms with Gasteiger partial charge in [0.25, 0.3) is 0 Å². The highest BCUT2D eigenvalue weighted by Gasteiger charge is 2.60. The largest absolute Gasteiger partial charge is 0.453 e. The van der Waals surface area contributed by atoms with Crippen LogP contribution in [0.4, 0.5) is 23.2 Å². The summed E-state index contributed by atoms with van der Waals surface area (Å²) in [5, 5.41) is -0.532. The molecule has 4 rings (SSSR count). The number of alkyl halides is 3. The summed E-state index contributed by atoms with van der Waals surface area (Å²) in [6.45, 7) is 1.28. The van der Waals surface area contributed by atoms with Crippen molar-refractivity contribution >= 4 is 29.1 Å². The van der Waals surface area contributed by atoms with E-state index < -0.39 is 39.7 Å². The molecule has 146 valence electrons. The third-order valence-corrected chi connectivity index (χ3v) is 5.23. The summed E-state index contributed by atoms with van der Waals surface area (Å²) in [5.41, 5.74) is -1.01. The number of fused-ring (bicyclic) bond motifs is 2. The Hall–Kier alpha value is -2.61. The fourth-order valence-electron chi connectivity index (χ4n) is 3.46. The molecule has 4 nitrogen and oxygen atoms in total. The van der Waals surface area contributed by atoms with Gasteiger partial charge in [0.15, 0.2) is 11.6 Å². The van der Waals surface area contributed by atoms with Crippen LogP contribution in [0.25, 0.3) is 0 Å². The normalized spacial score (nSPS) is 17.1. The Morgan fingerprint density at radius 2 is 1.89 bits per heavy atom. The van der Waals surface area contributed by atoms with Crippen molar-refractivity contribution in [2.24, 2.45) is 0 Å². The molecule has 1 saturated carbocycles. The smallest absolute Gasteiger partial charge is 0.416 e. The standard InChI is InChI=1S/C19H12ClF4NO3/c1-9(26)25-15-3-2-11(8-12(15)18(4-5-18)17(25)27)28-16-13(20)6-10(7-14(16)21)19(22,23)24/h2-3,6-8H,4-5H2,1H3. The van der Waals surface area contributed by atoms with Crippen LogP contribution >= 0.6 is 11.6 Å². The summed E-state index contributed by atoms with van der Waals surface area (Å²) in [5.74, 6) is -2.44. The molecule has 9 heteroatoms. The summed E-state index contributed by atoms with van der Waals surface area (Å²) in [7, 11) is 0. The summed E-state index contributed by atoms with van der Waals surface area (Å²) in [6, 6.07) is 5.27. The zero-order valence-electron chi connectivity index (χ0n) is 14.4. The number of ether oxygens (including phenoxy) is 1. The van der Waals surface area contributed by atoms with Gasteiger partial charge in [0.2, 0.25) is 11.8 Å². The predicted molar refractivity (Wildman–Crippen MR) is 92.0 cm³/mol. The maximum Gasteiger partial charge on any atom is 0.416 e. The van der Waals surface area contributed by atoms with Crippen molar-refractivity contribution in [2.75, 3.05) is 4.90 Å². The van der Waals surface area contributed by atoms with Crippen LogP contribution in [-0.4, -0.2) is 11.8 Å². The number of hydrogen-bond donors (Lipinski definition) is 0. The van der Waals surface area contributed by atoms with Crippen LogP contribution in [0.15, 0.2) is 30.3 Å². The molecule has 0 saturated heterocycles. The number of nitrogens with zero attached hydrogens (tertiary/aromatic N) is 1.